The first-order valence-corrected chi connectivity index (χ1v) is 3.63. The van der Waals surface area contributed by atoms with Gasteiger partial charge in [-0.05, 0) is 19.1 Å². The van der Waals surface area contributed by atoms with Crippen LogP contribution >= 0.6 is 11.3 Å². The molecule has 0 spiro atoms. The first kappa shape index (κ1) is 7.04. The Morgan fingerprint density at radius 3 is 2.70 bits per heavy atom. The standard InChI is InChI=1S/C8H6OS/c1-3-7-4-5-8(10-7)6(2)9/h1,4-5H,2H3. The molecule has 0 aromatic carbocycles. The van der Waals surface area contributed by atoms with Gasteiger partial charge < -0.3 is 0 Å². The van der Waals surface area contributed by atoms with Gasteiger partial charge in [0.2, 0.25) is 0 Å². The van der Waals surface area contributed by atoms with Crippen molar-refractivity contribution in [2.75, 3.05) is 0 Å². The van der Waals surface area contributed by atoms with E-state index in [1.165, 1.54) is 18.3 Å². The molecule has 0 saturated heterocycles. The molecule has 0 bridgehead atoms. The number of carbonyl (C=O) groups excluding carboxylic acids is 1. The van der Waals surface area contributed by atoms with Gasteiger partial charge in [-0.1, -0.05) is 5.92 Å². The molecule has 1 aromatic rings. The van der Waals surface area contributed by atoms with Crippen molar-refractivity contribution in [3.8, 4) is 12.3 Å². The minimum Gasteiger partial charge on any atom is -0.294 e. The van der Waals surface area contributed by atoms with Gasteiger partial charge in [-0.25, -0.2) is 0 Å². The number of ketones is 1. The molecule has 10 heavy (non-hydrogen) atoms. The van der Waals surface area contributed by atoms with E-state index >= 15 is 0 Å². The highest BCUT2D eigenvalue weighted by Gasteiger charge is 2.00. The summed E-state index contributed by atoms with van der Waals surface area (Å²) in [5.74, 6) is 2.54. The van der Waals surface area contributed by atoms with E-state index in [0.717, 1.165) is 9.75 Å². The number of carbonyl (C=O) groups is 1. The molecule has 0 fully saturated rings. The van der Waals surface area contributed by atoms with E-state index in [-0.39, 0.29) is 5.78 Å². The van der Waals surface area contributed by atoms with Crippen LogP contribution in [-0.2, 0) is 0 Å². The van der Waals surface area contributed by atoms with E-state index in [1.807, 2.05) is 0 Å². The number of Topliss-reactive ketones (excluding diaryl/α,β-unsaturated/α-hetero) is 1. The molecular weight excluding hydrogens is 144 g/mol. The normalized spacial score (nSPS) is 8.80. The lowest BCUT2D eigenvalue weighted by atomic mass is 10.3. The van der Waals surface area contributed by atoms with Crippen LogP contribution in [0, 0.1) is 12.3 Å². The topological polar surface area (TPSA) is 17.1 Å². The minimum atomic E-state index is 0.0755. The van der Waals surface area contributed by atoms with Crippen molar-refractivity contribution >= 4 is 17.1 Å². The van der Waals surface area contributed by atoms with Crippen molar-refractivity contribution in [2.24, 2.45) is 0 Å². The molecule has 0 amide bonds. The Bertz CT molecular complexity index is 290. The highest BCUT2D eigenvalue weighted by molar-refractivity contribution is 7.14. The summed E-state index contributed by atoms with van der Waals surface area (Å²) < 4.78 is 0. The van der Waals surface area contributed by atoms with Crippen LogP contribution in [0.15, 0.2) is 12.1 Å². The monoisotopic (exact) mass is 150 g/mol. The van der Waals surface area contributed by atoms with Gasteiger partial charge in [-0.2, -0.15) is 0 Å². The summed E-state index contributed by atoms with van der Waals surface area (Å²) in [6, 6.07) is 3.53. The molecule has 0 N–H and O–H groups in total. The molecule has 0 saturated carbocycles. The Kier molecular flexibility index (Phi) is 1.88. The summed E-state index contributed by atoms with van der Waals surface area (Å²) >= 11 is 1.36. The third kappa shape index (κ3) is 1.26. The molecule has 1 nitrogen and oxygen atoms in total. The maximum atomic E-state index is 10.7. The van der Waals surface area contributed by atoms with Crippen molar-refractivity contribution in [3.05, 3.63) is 21.9 Å². The lowest BCUT2D eigenvalue weighted by molar-refractivity contribution is 0.102. The van der Waals surface area contributed by atoms with Crippen LogP contribution in [0.5, 0.6) is 0 Å². The SMILES string of the molecule is C#Cc1ccc(C(C)=O)s1. The zero-order valence-electron chi connectivity index (χ0n) is 5.55. The molecule has 0 atom stereocenters. The van der Waals surface area contributed by atoms with Gasteiger partial charge in [0, 0.05) is 0 Å². The second-order valence-corrected chi connectivity index (χ2v) is 2.95. The second kappa shape index (κ2) is 2.68. The van der Waals surface area contributed by atoms with Crippen molar-refractivity contribution in [3.63, 3.8) is 0 Å². The smallest absolute Gasteiger partial charge is 0.169 e. The molecule has 1 rings (SSSR count). The van der Waals surface area contributed by atoms with E-state index in [1.54, 1.807) is 12.1 Å². The van der Waals surface area contributed by atoms with Crippen LogP contribution < -0.4 is 0 Å². The molecule has 0 unspecified atom stereocenters. The molecule has 2 heteroatoms. The molecule has 1 aromatic heterocycles. The summed E-state index contributed by atoms with van der Waals surface area (Å²) in [5, 5.41) is 0. The van der Waals surface area contributed by atoms with Gasteiger partial charge >= 0.3 is 0 Å². The second-order valence-electron chi connectivity index (χ2n) is 1.86. The predicted octanol–water partition coefficient (Wildman–Crippen LogP) is 1.93. The highest BCUT2D eigenvalue weighted by atomic mass is 32.1. The van der Waals surface area contributed by atoms with Crippen LogP contribution in [0.25, 0.3) is 0 Å². The van der Waals surface area contributed by atoms with Crippen molar-refractivity contribution in [1.82, 2.24) is 0 Å². The fraction of sp³-hybridized carbons (Fsp3) is 0.125. The van der Waals surface area contributed by atoms with Gasteiger partial charge in [-0.15, -0.1) is 17.8 Å². The lowest BCUT2D eigenvalue weighted by Gasteiger charge is -1.80. The number of hydrogen-bond donors (Lipinski definition) is 0. The van der Waals surface area contributed by atoms with Gasteiger partial charge in [0.05, 0.1) is 9.75 Å². The summed E-state index contributed by atoms with van der Waals surface area (Å²) in [4.78, 5) is 12.3. The van der Waals surface area contributed by atoms with Crippen molar-refractivity contribution in [1.29, 1.82) is 0 Å². The quantitative estimate of drug-likeness (QED) is 0.441. The maximum absolute atomic E-state index is 10.7. The molecule has 0 radical (unpaired) electrons. The zero-order chi connectivity index (χ0) is 7.56. The van der Waals surface area contributed by atoms with E-state index in [4.69, 9.17) is 6.42 Å². The van der Waals surface area contributed by atoms with Crippen LogP contribution in [0.3, 0.4) is 0 Å². The van der Waals surface area contributed by atoms with E-state index in [9.17, 15) is 4.79 Å². The Labute approximate surface area is 63.7 Å². The predicted molar refractivity (Wildman–Crippen MR) is 42.3 cm³/mol. The molecule has 0 aliphatic heterocycles. The minimum absolute atomic E-state index is 0.0755. The Balaban J connectivity index is 3.02. The Hall–Kier alpha value is -1.07. The van der Waals surface area contributed by atoms with Crippen LogP contribution in [0.4, 0.5) is 0 Å². The first-order chi connectivity index (χ1) is 4.74. The fourth-order valence-electron chi connectivity index (χ4n) is 0.605. The highest BCUT2D eigenvalue weighted by Crippen LogP contribution is 2.14. The van der Waals surface area contributed by atoms with Crippen LogP contribution in [-0.4, -0.2) is 5.78 Å². The number of terminal acetylenes is 1. The molecule has 0 aliphatic carbocycles. The number of hydrogen-bond acceptors (Lipinski definition) is 2. The van der Waals surface area contributed by atoms with E-state index in [2.05, 4.69) is 5.92 Å². The molecule has 50 valence electrons. The van der Waals surface area contributed by atoms with Gasteiger partial charge in [0.15, 0.2) is 5.78 Å². The largest absolute Gasteiger partial charge is 0.294 e. The summed E-state index contributed by atoms with van der Waals surface area (Å²) in [5.41, 5.74) is 0. The number of rotatable bonds is 1. The fourth-order valence-corrected chi connectivity index (χ4v) is 1.32. The van der Waals surface area contributed by atoms with Crippen molar-refractivity contribution in [2.45, 2.75) is 6.92 Å². The lowest BCUT2D eigenvalue weighted by Crippen LogP contribution is -1.83. The summed E-state index contributed by atoms with van der Waals surface area (Å²) in [6.07, 6.45) is 5.11. The number of thiophene rings is 1. The first-order valence-electron chi connectivity index (χ1n) is 2.81. The average Bonchev–Trinajstić information content (AvgIpc) is 2.34. The molecular formula is C8H6OS. The summed E-state index contributed by atoms with van der Waals surface area (Å²) in [6.45, 7) is 1.53. The average molecular weight is 150 g/mol. The maximum Gasteiger partial charge on any atom is 0.169 e. The van der Waals surface area contributed by atoms with E-state index < -0.39 is 0 Å². The third-order valence-corrected chi connectivity index (χ3v) is 2.21. The van der Waals surface area contributed by atoms with Gasteiger partial charge in [0.25, 0.3) is 0 Å². The van der Waals surface area contributed by atoms with Gasteiger partial charge in [-0.3, -0.25) is 4.79 Å². The third-order valence-electron chi connectivity index (χ3n) is 1.10. The van der Waals surface area contributed by atoms with Gasteiger partial charge in [0.1, 0.15) is 0 Å². The molecule has 0 aliphatic rings. The summed E-state index contributed by atoms with van der Waals surface area (Å²) in [7, 11) is 0. The van der Waals surface area contributed by atoms with E-state index in [0.29, 0.717) is 0 Å². The van der Waals surface area contributed by atoms with Crippen molar-refractivity contribution < 1.29 is 4.79 Å². The Morgan fingerprint density at radius 1 is 1.70 bits per heavy atom. The Morgan fingerprint density at radius 2 is 2.40 bits per heavy atom. The van der Waals surface area contributed by atoms with Crippen LogP contribution in [0.2, 0.25) is 0 Å². The van der Waals surface area contributed by atoms with Crippen LogP contribution in [0.1, 0.15) is 21.5 Å². The molecule has 1 heterocycles. The zero-order valence-corrected chi connectivity index (χ0v) is 6.37.